The molecule has 3 heterocycles. The molecular formula is C17H16ClN5O2S. The second-order valence-electron chi connectivity index (χ2n) is 5.36. The molecule has 0 fully saturated rings. The average Bonchev–Trinajstić information content (AvgIpc) is 3.32. The molecule has 26 heavy (non-hydrogen) atoms. The first-order valence-corrected chi connectivity index (χ1v) is 9.17. The quantitative estimate of drug-likeness (QED) is 0.427. The molecule has 0 spiro atoms. The molecular weight excluding hydrogens is 374 g/mol. The highest BCUT2D eigenvalue weighted by molar-refractivity contribution is 7.13. The lowest BCUT2D eigenvalue weighted by Crippen LogP contribution is -2.30. The van der Waals surface area contributed by atoms with E-state index in [1.54, 1.807) is 35.6 Å². The number of aromatic nitrogens is 3. The van der Waals surface area contributed by atoms with Crippen LogP contribution < -0.4 is 10.6 Å². The molecule has 0 bridgehead atoms. The lowest BCUT2D eigenvalue weighted by Gasteiger charge is -2.05. The Labute approximate surface area is 158 Å². The number of halogens is 1. The number of carbonyl (C=O) groups excluding carboxylic acids is 2. The van der Waals surface area contributed by atoms with Gasteiger partial charge in [0.1, 0.15) is 10.8 Å². The number of carbonyl (C=O) groups is 2. The molecule has 0 aliphatic heterocycles. The maximum atomic E-state index is 12.1. The van der Waals surface area contributed by atoms with Crippen LogP contribution in [0.2, 0.25) is 5.15 Å². The van der Waals surface area contributed by atoms with E-state index >= 15 is 0 Å². The monoisotopic (exact) mass is 389 g/mol. The highest BCUT2D eigenvalue weighted by Crippen LogP contribution is 2.22. The van der Waals surface area contributed by atoms with E-state index < -0.39 is 0 Å². The molecule has 0 aliphatic carbocycles. The van der Waals surface area contributed by atoms with E-state index in [-0.39, 0.29) is 22.7 Å². The van der Waals surface area contributed by atoms with Gasteiger partial charge in [0.05, 0.1) is 10.6 Å². The summed E-state index contributed by atoms with van der Waals surface area (Å²) in [5, 5.41) is 14.6. The first-order chi connectivity index (χ1) is 12.6. The Morgan fingerprint density at radius 1 is 1.08 bits per heavy atom. The summed E-state index contributed by atoms with van der Waals surface area (Å²) in [6, 6.07) is 10.5. The third-order valence-electron chi connectivity index (χ3n) is 3.47. The Morgan fingerprint density at radius 2 is 1.85 bits per heavy atom. The van der Waals surface area contributed by atoms with E-state index in [0.717, 1.165) is 10.6 Å². The Bertz CT molecular complexity index is 894. The first kappa shape index (κ1) is 18.1. The third-order valence-corrected chi connectivity index (χ3v) is 4.58. The largest absolute Gasteiger partial charge is 0.351 e. The number of thiophene rings is 1. The zero-order valence-electron chi connectivity index (χ0n) is 13.7. The summed E-state index contributed by atoms with van der Waals surface area (Å²) in [4.78, 5) is 28.9. The van der Waals surface area contributed by atoms with Crippen LogP contribution in [-0.4, -0.2) is 40.1 Å². The van der Waals surface area contributed by atoms with Crippen molar-refractivity contribution in [2.24, 2.45) is 0 Å². The number of pyridine rings is 1. The van der Waals surface area contributed by atoms with Crippen molar-refractivity contribution < 1.29 is 9.59 Å². The summed E-state index contributed by atoms with van der Waals surface area (Å²) >= 11 is 7.32. The van der Waals surface area contributed by atoms with Crippen LogP contribution in [0.5, 0.6) is 0 Å². The number of rotatable bonds is 7. The number of nitrogens with one attached hydrogen (secondary N) is 3. The molecule has 0 radical (unpaired) electrons. The van der Waals surface area contributed by atoms with Gasteiger partial charge < -0.3 is 10.6 Å². The van der Waals surface area contributed by atoms with Crippen molar-refractivity contribution in [1.82, 2.24) is 25.8 Å². The van der Waals surface area contributed by atoms with Crippen LogP contribution in [0, 0.1) is 0 Å². The van der Waals surface area contributed by atoms with Gasteiger partial charge in [0, 0.05) is 13.1 Å². The van der Waals surface area contributed by atoms with Crippen molar-refractivity contribution in [3.05, 3.63) is 58.3 Å². The molecule has 3 aromatic heterocycles. The normalized spacial score (nSPS) is 10.5. The maximum absolute atomic E-state index is 12.1. The SMILES string of the molecule is O=C(NCCCNC(=O)c1cccc(Cl)n1)c1cc(-c2cccs2)[nH]n1. The molecule has 3 N–H and O–H groups in total. The minimum atomic E-state index is -0.299. The molecule has 0 atom stereocenters. The first-order valence-electron chi connectivity index (χ1n) is 7.92. The average molecular weight is 390 g/mol. The Balaban J connectivity index is 1.40. The van der Waals surface area contributed by atoms with Crippen LogP contribution in [0.4, 0.5) is 0 Å². The van der Waals surface area contributed by atoms with Crippen molar-refractivity contribution in [3.63, 3.8) is 0 Å². The molecule has 3 rings (SSSR count). The van der Waals surface area contributed by atoms with E-state index in [0.29, 0.717) is 25.2 Å². The summed E-state index contributed by atoms with van der Waals surface area (Å²) in [5.41, 5.74) is 1.41. The summed E-state index contributed by atoms with van der Waals surface area (Å²) in [6.07, 6.45) is 0.584. The highest BCUT2D eigenvalue weighted by atomic mass is 35.5. The summed E-state index contributed by atoms with van der Waals surface area (Å²) in [5.74, 6) is -0.557. The highest BCUT2D eigenvalue weighted by Gasteiger charge is 2.11. The molecule has 2 amide bonds. The van der Waals surface area contributed by atoms with Crippen LogP contribution in [0.1, 0.15) is 27.4 Å². The van der Waals surface area contributed by atoms with Gasteiger partial charge in [-0.25, -0.2) is 4.98 Å². The van der Waals surface area contributed by atoms with Crippen LogP contribution >= 0.6 is 22.9 Å². The topological polar surface area (TPSA) is 99.8 Å². The van der Waals surface area contributed by atoms with Gasteiger partial charge in [0.2, 0.25) is 0 Å². The molecule has 0 unspecified atom stereocenters. The van der Waals surface area contributed by atoms with Crippen molar-refractivity contribution in [2.75, 3.05) is 13.1 Å². The fourth-order valence-electron chi connectivity index (χ4n) is 2.20. The number of hydrogen-bond acceptors (Lipinski definition) is 5. The van der Waals surface area contributed by atoms with Gasteiger partial charge in [0.15, 0.2) is 5.69 Å². The summed E-state index contributed by atoms with van der Waals surface area (Å²) in [7, 11) is 0. The Morgan fingerprint density at radius 3 is 2.54 bits per heavy atom. The van der Waals surface area contributed by atoms with E-state index in [1.165, 1.54) is 0 Å². The Hall–Kier alpha value is -2.71. The fourth-order valence-corrected chi connectivity index (χ4v) is 3.06. The smallest absolute Gasteiger partial charge is 0.271 e. The lowest BCUT2D eigenvalue weighted by molar-refractivity contribution is 0.0946. The van der Waals surface area contributed by atoms with Gasteiger partial charge in [-0.3, -0.25) is 14.7 Å². The van der Waals surface area contributed by atoms with Crippen molar-refractivity contribution in [2.45, 2.75) is 6.42 Å². The predicted molar refractivity (Wildman–Crippen MR) is 100 cm³/mol. The van der Waals surface area contributed by atoms with E-state index in [9.17, 15) is 9.59 Å². The molecule has 0 saturated carbocycles. The van der Waals surface area contributed by atoms with Gasteiger partial charge in [-0.15, -0.1) is 11.3 Å². The van der Waals surface area contributed by atoms with Gasteiger partial charge in [0.25, 0.3) is 11.8 Å². The van der Waals surface area contributed by atoms with E-state index in [4.69, 9.17) is 11.6 Å². The van der Waals surface area contributed by atoms with E-state index in [1.807, 2.05) is 17.5 Å². The van der Waals surface area contributed by atoms with Gasteiger partial charge in [-0.1, -0.05) is 23.7 Å². The van der Waals surface area contributed by atoms with Gasteiger partial charge in [-0.2, -0.15) is 5.10 Å². The maximum Gasteiger partial charge on any atom is 0.271 e. The zero-order chi connectivity index (χ0) is 18.4. The standard InChI is InChI=1S/C17H16ClN5O2S/c18-15-6-1-4-11(21-15)16(24)19-7-3-8-20-17(25)13-10-12(22-23-13)14-5-2-9-26-14/h1-2,4-6,9-10H,3,7-8H2,(H,19,24)(H,20,25)(H,22,23). The van der Waals surface area contributed by atoms with E-state index in [2.05, 4.69) is 25.8 Å². The van der Waals surface area contributed by atoms with Crippen LogP contribution in [0.25, 0.3) is 10.6 Å². The molecule has 7 nitrogen and oxygen atoms in total. The van der Waals surface area contributed by atoms with Crippen LogP contribution in [0.15, 0.2) is 41.8 Å². The predicted octanol–water partition coefficient (Wildman–Crippen LogP) is 2.74. The number of hydrogen-bond donors (Lipinski definition) is 3. The third kappa shape index (κ3) is 4.68. The minimum Gasteiger partial charge on any atom is -0.351 e. The fraction of sp³-hybridized carbons (Fsp3) is 0.176. The molecule has 3 aromatic rings. The molecule has 0 aromatic carbocycles. The van der Waals surface area contributed by atoms with Crippen LogP contribution in [0.3, 0.4) is 0 Å². The zero-order valence-corrected chi connectivity index (χ0v) is 15.2. The number of H-pyrrole nitrogens is 1. The van der Waals surface area contributed by atoms with Crippen molar-refractivity contribution in [1.29, 1.82) is 0 Å². The molecule has 0 saturated heterocycles. The molecule has 0 aliphatic rings. The number of amides is 2. The van der Waals surface area contributed by atoms with Crippen molar-refractivity contribution in [3.8, 4) is 10.6 Å². The van der Waals surface area contributed by atoms with Crippen LogP contribution in [-0.2, 0) is 0 Å². The van der Waals surface area contributed by atoms with Gasteiger partial charge >= 0.3 is 0 Å². The number of aromatic amines is 1. The molecule has 134 valence electrons. The number of nitrogens with zero attached hydrogens (tertiary/aromatic N) is 2. The minimum absolute atomic E-state index is 0.258. The molecule has 9 heteroatoms. The lowest BCUT2D eigenvalue weighted by atomic mass is 10.3. The summed E-state index contributed by atoms with van der Waals surface area (Å²) < 4.78 is 0. The second kappa shape index (κ2) is 8.59. The Kier molecular flexibility index (Phi) is 5.98. The summed E-state index contributed by atoms with van der Waals surface area (Å²) in [6.45, 7) is 0.831. The van der Waals surface area contributed by atoms with Gasteiger partial charge in [-0.05, 0) is 36.1 Å². The second-order valence-corrected chi connectivity index (χ2v) is 6.69. The van der Waals surface area contributed by atoms with Crippen molar-refractivity contribution >= 4 is 34.8 Å².